The van der Waals surface area contributed by atoms with E-state index in [0.717, 1.165) is 0 Å². The van der Waals surface area contributed by atoms with E-state index in [0.29, 0.717) is 0 Å². The van der Waals surface area contributed by atoms with Crippen LogP contribution in [0.3, 0.4) is 0 Å². The first-order valence-corrected chi connectivity index (χ1v) is 4.26. The Morgan fingerprint density at radius 2 is 2.27 bits per heavy atom. The number of hydrogen-bond donors (Lipinski definition) is 4. The molecule has 1 rings (SSSR count). The molecule has 7 heteroatoms. The van der Waals surface area contributed by atoms with Crippen molar-refractivity contribution in [1.29, 1.82) is 0 Å². The number of nitrogens with one attached hydrogen (secondary N) is 2. The van der Waals surface area contributed by atoms with Gasteiger partial charge in [-0.1, -0.05) is 0 Å². The third-order valence-corrected chi connectivity index (χ3v) is 1.62. The summed E-state index contributed by atoms with van der Waals surface area (Å²) in [5, 5.41) is 2.30. The summed E-state index contributed by atoms with van der Waals surface area (Å²) in [5.74, 6) is 0.144. The van der Waals surface area contributed by atoms with Gasteiger partial charge in [0.25, 0.3) is 5.56 Å². The number of nitrogens with two attached hydrogens (primary N) is 2. The van der Waals surface area contributed by atoms with Gasteiger partial charge in [-0.3, -0.25) is 10.1 Å². The number of aromatic amines is 1. The molecule has 0 bridgehead atoms. The Balaban J connectivity index is 2.88. The summed E-state index contributed by atoms with van der Waals surface area (Å²) < 4.78 is 4.61. The van der Waals surface area contributed by atoms with Gasteiger partial charge in [0.15, 0.2) is 0 Å². The molecular weight excluding hydrogens is 200 g/mol. The van der Waals surface area contributed by atoms with E-state index in [-0.39, 0.29) is 23.8 Å². The van der Waals surface area contributed by atoms with Crippen LogP contribution in [0.2, 0.25) is 0 Å². The van der Waals surface area contributed by atoms with Crippen LogP contribution >= 0.6 is 0 Å². The molecular formula is C8H12N4O3. The molecule has 0 saturated heterocycles. The molecule has 0 atom stereocenters. The first kappa shape index (κ1) is 10.9. The highest BCUT2D eigenvalue weighted by molar-refractivity contribution is 5.84. The van der Waals surface area contributed by atoms with Crippen molar-refractivity contribution in [3.05, 3.63) is 16.4 Å². The van der Waals surface area contributed by atoms with Crippen molar-refractivity contribution in [3.8, 4) is 0 Å². The molecule has 0 aliphatic rings. The summed E-state index contributed by atoms with van der Waals surface area (Å²) in [6.07, 6.45) is -0.669. The van der Waals surface area contributed by atoms with E-state index in [1.165, 1.54) is 6.07 Å². The van der Waals surface area contributed by atoms with Crippen LogP contribution < -0.4 is 22.3 Å². The standard InChI is InChI=1S/C8H12N4O3/c1-2-15-8(14)12-5-3-4(9)6(10)7(13)11-5/h3H,2,10H2,1H3,(H4,9,11,12,13,14). The highest BCUT2D eigenvalue weighted by Gasteiger charge is 2.06. The van der Waals surface area contributed by atoms with Crippen molar-refractivity contribution in [2.75, 3.05) is 23.4 Å². The van der Waals surface area contributed by atoms with Crippen LogP contribution in [-0.4, -0.2) is 17.7 Å². The molecule has 0 radical (unpaired) electrons. The van der Waals surface area contributed by atoms with Crippen LogP contribution in [0.25, 0.3) is 0 Å². The van der Waals surface area contributed by atoms with Gasteiger partial charge in [0.1, 0.15) is 11.5 Å². The van der Waals surface area contributed by atoms with Crippen LogP contribution in [0.15, 0.2) is 10.9 Å². The number of aromatic nitrogens is 1. The van der Waals surface area contributed by atoms with Crippen molar-refractivity contribution in [2.24, 2.45) is 0 Å². The number of pyridine rings is 1. The van der Waals surface area contributed by atoms with Crippen molar-refractivity contribution < 1.29 is 9.53 Å². The number of carbonyl (C=O) groups excluding carboxylic acids is 1. The Labute approximate surface area is 85.4 Å². The topological polar surface area (TPSA) is 123 Å². The zero-order valence-electron chi connectivity index (χ0n) is 8.16. The van der Waals surface area contributed by atoms with E-state index in [2.05, 4.69) is 15.0 Å². The van der Waals surface area contributed by atoms with Crippen LogP contribution in [0.4, 0.5) is 22.0 Å². The summed E-state index contributed by atoms with van der Waals surface area (Å²) in [7, 11) is 0. The molecule has 82 valence electrons. The van der Waals surface area contributed by atoms with E-state index in [4.69, 9.17) is 11.5 Å². The maximum absolute atomic E-state index is 11.1. The van der Waals surface area contributed by atoms with Crippen molar-refractivity contribution in [3.63, 3.8) is 0 Å². The fourth-order valence-corrected chi connectivity index (χ4v) is 0.935. The lowest BCUT2D eigenvalue weighted by Crippen LogP contribution is -2.20. The Kier molecular flexibility index (Phi) is 3.17. The molecule has 0 aromatic carbocycles. The number of ether oxygens (including phenoxy) is 1. The second-order valence-electron chi connectivity index (χ2n) is 2.73. The molecule has 0 spiro atoms. The van der Waals surface area contributed by atoms with Crippen molar-refractivity contribution in [1.82, 2.24) is 4.98 Å². The maximum atomic E-state index is 11.1. The maximum Gasteiger partial charge on any atom is 0.412 e. The van der Waals surface area contributed by atoms with Gasteiger partial charge in [0.05, 0.1) is 12.3 Å². The monoisotopic (exact) mass is 212 g/mol. The predicted molar refractivity (Wildman–Crippen MR) is 56.5 cm³/mol. The molecule has 1 heterocycles. The molecule has 15 heavy (non-hydrogen) atoms. The molecule has 1 amide bonds. The average Bonchev–Trinajstić information content (AvgIpc) is 2.14. The molecule has 0 unspecified atom stereocenters. The molecule has 0 aliphatic heterocycles. The smallest absolute Gasteiger partial charge is 0.412 e. The highest BCUT2D eigenvalue weighted by Crippen LogP contribution is 2.12. The number of hydrogen-bond acceptors (Lipinski definition) is 5. The van der Waals surface area contributed by atoms with E-state index in [9.17, 15) is 9.59 Å². The van der Waals surface area contributed by atoms with Gasteiger partial charge in [-0.2, -0.15) is 0 Å². The van der Waals surface area contributed by atoms with Crippen LogP contribution in [0.1, 0.15) is 6.92 Å². The molecule has 7 nitrogen and oxygen atoms in total. The minimum atomic E-state index is -0.669. The fraction of sp³-hybridized carbons (Fsp3) is 0.250. The van der Waals surface area contributed by atoms with Gasteiger partial charge in [0, 0.05) is 6.07 Å². The summed E-state index contributed by atoms with van der Waals surface area (Å²) in [6, 6.07) is 1.34. The largest absolute Gasteiger partial charge is 0.450 e. The second-order valence-corrected chi connectivity index (χ2v) is 2.73. The van der Waals surface area contributed by atoms with Crippen LogP contribution in [0.5, 0.6) is 0 Å². The van der Waals surface area contributed by atoms with Gasteiger partial charge in [0.2, 0.25) is 0 Å². The van der Waals surface area contributed by atoms with E-state index >= 15 is 0 Å². The third kappa shape index (κ3) is 2.63. The van der Waals surface area contributed by atoms with Gasteiger partial charge < -0.3 is 21.2 Å². The van der Waals surface area contributed by atoms with Crippen LogP contribution in [0, 0.1) is 0 Å². The molecule has 1 aromatic heterocycles. The minimum absolute atomic E-state index is 0.0793. The summed E-state index contributed by atoms with van der Waals surface area (Å²) in [6.45, 7) is 1.90. The molecule has 6 N–H and O–H groups in total. The molecule has 0 aliphatic carbocycles. The molecule has 1 aromatic rings. The lowest BCUT2D eigenvalue weighted by atomic mass is 10.3. The van der Waals surface area contributed by atoms with Crippen LogP contribution in [-0.2, 0) is 4.74 Å². The van der Waals surface area contributed by atoms with E-state index in [1.807, 2.05) is 0 Å². The minimum Gasteiger partial charge on any atom is -0.450 e. The third-order valence-electron chi connectivity index (χ3n) is 1.62. The Hall–Kier alpha value is -2.18. The number of rotatable bonds is 2. The number of nitrogen functional groups attached to an aromatic ring is 2. The number of anilines is 3. The lowest BCUT2D eigenvalue weighted by Gasteiger charge is -2.06. The number of H-pyrrole nitrogens is 1. The lowest BCUT2D eigenvalue weighted by molar-refractivity contribution is 0.168. The number of amides is 1. The van der Waals surface area contributed by atoms with Gasteiger partial charge in [-0.25, -0.2) is 4.79 Å². The van der Waals surface area contributed by atoms with Crippen molar-refractivity contribution >= 4 is 23.3 Å². The van der Waals surface area contributed by atoms with Gasteiger partial charge in [-0.05, 0) is 6.92 Å². The summed E-state index contributed by atoms with van der Waals surface area (Å²) in [5.41, 5.74) is 10.2. The predicted octanol–water partition coefficient (Wildman–Crippen LogP) is 0.108. The summed E-state index contributed by atoms with van der Waals surface area (Å²) in [4.78, 5) is 24.5. The fourth-order valence-electron chi connectivity index (χ4n) is 0.935. The zero-order valence-corrected chi connectivity index (χ0v) is 8.16. The quantitative estimate of drug-likeness (QED) is 0.553. The van der Waals surface area contributed by atoms with Gasteiger partial charge in [-0.15, -0.1) is 0 Å². The Bertz CT molecular complexity index is 426. The normalized spacial score (nSPS) is 9.67. The second kappa shape index (κ2) is 4.36. The Morgan fingerprint density at radius 1 is 1.60 bits per heavy atom. The van der Waals surface area contributed by atoms with E-state index in [1.54, 1.807) is 6.92 Å². The summed E-state index contributed by atoms with van der Waals surface area (Å²) >= 11 is 0. The van der Waals surface area contributed by atoms with Crippen molar-refractivity contribution in [2.45, 2.75) is 6.92 Å². The molecule has 0 fully saturated rings. The number of carbonyl (C=O) groups is 1. The zero-order chi connectivity index (χ0) is 11.4. The Morgan fingerprint density at radius 3 is 2.80 bits per heavy atom. The average molecular weight is 212 g/mol. The first-order valence-electron chi connectivity index (χ1n) is 4.26. The van der Waals surface area contributed by atoms with Gasteiger partial charge >= 0.3 is 6.09 Å². The molecule has 0 saturated carbocycles. The first-order chi connectivity index (χ1) is 7.04. The highest BCUT2D eigenvalue weighted by atomic mass is 16.5. The van der Waals surface area contributed by atoms with E-state index < -0.39 is 11.7 Å². The SMILES string of the molecule is CCOC(=O)Nc1cc(N)c(N)c(=O)[nH]1.